The number of hydrogen-bond donors (Lipinski definition) is 0. The van der Waals surface area contributed by atoms with Crippen molar-refractivity contribution in [2.24, 2.45) is 0 Å². The van der Waals surface area contributed by atoms with Crippen molar-refractivity contribution in [3.63, 3.8) is 0 Å². The monoisotopic (exact) mass is 421 g/mol. The van der Waals surface area contributed by atoms with Gasteiger partial charge < -0.3 is 13.6 Å². The van der Waals surface area contributed by atoms with E-state index in [1.54, 1.807) is 6.26 Å². The van der Waals surface area contributed by atoms with Crippen LogP contribution in [-0.2, 0) is 12.4 Å². The highest BCUT2D eigenvalue weighted by Gasteiger charge is 2.13. The number of thioether (sulfide) groups is 1. The van der Waals surface area contributed by atoms with Crippen LogP contribution in [0.4, 0.5) is 0 Å². The van der Waals surface area contributed by atoms with Crippen LogP contribution in [0.3, 0.4) is 0 Å². The van der Waals surface area contributed by atoms with Gasteiger partial charge in [-0.3, -0.25) is 0 Å². The molecule has 0 unspecified atom stereocenters. The average Bonchev–Trinajstić information content (AvgIpc) is 3.36. The summed E-state index contributed by atoms with van der Waals surface area (Å²) in [5.41, 5.74) is 6.39. The number of benzene rings is 2. The van der Waals surface area contributed by atoms with Crippen LogP contribution in [0.15, 0.2) is 56.7 Å². The van der Waals surface area contributed by atoms with Crippen molar-refractivity contribution < 1.29 is 13.6 Å². The molecule has 4 rings (SSSR count). The predicted molar refractivity (Wildman–Crippen MR) is 116 cm³/mol. The Morgan fingerprint density at radius 3 is 2.57 bits per heavy atom. The third kappa shape index (κ3) is 4.74. The first-order chi connectivity index (χ1) is 14.5. The Morgan fingerprint density at radius 1 is 0.933 bits per heavy atom. The third-order valence-electron chi connectivity index (χ3n) is 4.65. The maximum Gasteiger partial charge on any atom is 0.277 e. The van der Waals surface area contributed by atoms with Crippen LogP contribution in [0.1, 0.15) is 33.8 Å². The molecule has 6 nitrogen and oxygen atoms in total. The highest BCUT2D eigenvalue weighted by molar-refractivity contribution is 7.98. The van der Waals surface area contributed by atoms with Gasteiger partial charge in [0.1, 0.15) is 12.0 Å². The molecule has 0 saturated heterocycles. The first kappa shape index (κ1) is 20.2. The minimum absolute atomic E-state index is 0.235. The Hall–Kier alpha value is -3.06. The maximum absolute atomic E-state index is 5.82. The Labute approximate surface area is 179 Å². The van der Waals surface area contributed by atoms with Crippen molar-refractivity contribution in [1.82, 2.24) is 15.2 Å². The molecular weight excluding hydrogens is 398 g/mol. The molecule has 0 atom stereocenters. The smallest absolute Gasteiger partial charge is 0.277 e. The van der Waals surface area contributed by atoms with E-state index >= 15 is 0 Å². The summed E-state index contributed by atoms with van der Waals surface area (Å²) in [4.78, 5) is 4.58. The highest BCUT2D eigenvalue weighted by Crippen LogP contribution is 2.27. The summed E-state index contributed by atoms with van der Waals surface area (Å²) in [5, 5.41) is 8.62. The van der Waals surface area contributed by atoms with E-state index in [1.807, 2.05) is 32.0 Å². The second-order valence-corrected chi connectivity index (χ2v) is 8.20. The SMILES string of the molecule is Cc1ccc(-c2nc(CSc3nnc(COc4cc(C)ccc4C)o3)co2)c(C)c1. The van der Waals surface area contributed by atoms with Gasteiger partial charge in [-0.25, -0.2) is 4.98 Å². The molecule has 0 aliphatic rings. The van der Waals surface area contributed by atoms with E-state index in [1.165, 1.54) is 17.3 Å². The lowest BCUT2D eigenvalue weighted by Gasteiger charge is -2.07. The van der Waals surface area contributed by atoms with Crippen LogP contribution < -0.4 is 4.74 Å². The quantitative estimate of drug-likeness (QED) is 0.348. The summed E-state index contributed by atoms with van der Waals surface area (Å²) in [6.45, 7) is 8.40. The van der Waals surface area contributed by atoms with Gasteiger partial charge in [0.15, 0.2) is 6.61 Å². The van der Waals surface area contributed by atoms with E-state index in [4.69, 9.17) is 13.6 Å². The molecule has 2 aromatic heterocycles. The number of oxazole rings is 1. The predicted octanol–water partition coefficient (Wildman–Crippen LogP) is 5.83. The zero-order valence-corrected chi connectivity index (χ0v) is 18.2. The number of aromatic nitrogens is 3. The lowest BCUT2D eigenvalue weighted by atomic mass is 10.1. The van der Waals surface area contributed by atoms with Gasteiger partial charge in [-0.1, -0.05) is 41.6 Å². The Balaban J connectivity index is 1.34. The van der Waals surface area contributed by atoms with Gasteiger partial charge in [0.05, 0.1) is 5.69 Å². The van der Waals surface area contributed by atoms with E-state index in [0.717, 1.165) is 33.7 Å². The van der Waals surface area contributed by atoms with Crippen LogP contribution in [0, 0.1) is 27.7 Å². The van der Waals surface area contributed by atoms with Crippen LogP contribution in [0.5, 0.6) is 5.75 Å². The van der Waals surface area contributed by atoms with Gasteiger partial charge in [-0.05, 0) is 56.5 Å². The number of aryl methyl sites for hydroxylation is 4. The third-order valence-corrected chi connectivity index (χ3v) is 5.50. The summed E-state index contributed by atoms with van der Waals surface area (Å²) in [7, 11) is 0. The van der Waals surface area contributed by atoms with E-state index in [9.17, 15) is 0 Å². The molecule has 2 heterocycles. The molecule has 4 aromatic rings. The number of rotatable bonds is 7. The van der Waals surface area contributed by atoms with Gasteiger partial charge in [0, 0.05) is 11.3 Å². The largest absolute Gasteiger partial charge is 0.484 e. The van der Waals surface area contributed by atoms with E-state index in [-0.39, 0.29) is 6.61 Å². The van der Waals surface area contributed by atoms with Gasteiger partial charge in [0.25, 0.3) is 11.1 Å². The van der Waals surface area contributed by atoms with E-state index < -0.39 is 0 Å². The molecule has 0 saturated carbocycles. The molecule has 0 N–H and O–H groups in total. The lowest BCUT2D eigenvalue weighted by molar-refractivity contribution is 0.250. The molecule has 0 amide bonds. The van der Waals surface area contributed by atoms with Crippen molar-refractivity contribution in [3.05, 3.63) is 76.5 Å². The molecule has 2 aromatic carbocycles. The number of ether oxygens (including phenoxy) is 1. The van der Waals surface area contributed by atoms with Gasteiger partial charge in [-0.2, -0.15) is 0 Å². The molecule has 0 bridgehead atoms. The molecule has 7 heteroatoms. The number of hydrogen-bond acceptors (Lipinski definition) is 7. The minimum Gasteiger partial charge on any atom is -0.484 e. The van der Waals surface area contributed by atoms with Crippen molar-refractivity contribution in [1.29, 1.82) is 0 Å². The zero-order chi connectivity index (χ0) is 21.1. The maximum atomic E-state index is 5.82. The summed E-state index contributed by atoms with van der Waals surface area (Å²) in [6, 6.07) is 12.3. The first-order valence-electron chi connectivity index (χ1n) is 9.65. The Kier molecular flexibility index (Phi) is 5.90. The molecular formula is C23H23N3O3S. The van der Waals surface area contributed by atoms with E-state index in [2.05, 4.69) is 47.2 Å². The molecule has 0 fully saturated rings. The second-order valence-electron chi connectivity index (χ2n) is 7.27. The van der Waals surface area contributed by atoms with Crippen molar-refractivity contribution in [2.45, 2.75) is 45.3 Å². The van der Waals surface area contributed by atoms with Gasteiger partial charge in [-0.15, -0.1) is 10.2 Å². The summed E-state index contributed by atoms with van der Waals surface area (Å²) in [6.07, 6.45) is 1.67. The van der Waals surface area contributed by atoms with Crippen molar-refractivity contribution in [3.8, 4) is 17.2 Å². The van der Waals surface area contributed by atoms with Crippen molar-refractivity contribution in [2.75, 3.05) is 0 Å². The second kappa shape index (κ2) is 8.75. The van der Waals surface area contributed by atoms with Crippen LogP contribution >= 0.6 is 11.8 Å². The number of nitrogens with zero attached hydrogens (tertiary/aromatic N) is 3. The first-order valence-corrected chi connectivity index (χ1v) is 10.6. The molecule has 154 valence electrons. The molecule has 0 aliphatic heterocycles. The van der Waals surface area contributed by atoms with Crippen LogP contribution in [0.25, 0.3) is 11.5 Å². The minimum atomic E-state index is 0.235. The van der Waals surface area contributed by atoms with Gasteiger partial charge in [0.2, 0.25) is 5.89 Å². The highest BCUT2D eigenvalue weighted by atomic mass is 32.2. The normalized spacial score (nSPS) is 11.1. The summed E-state index contributed by atoms with van der Waals surface area (Å²) >= 11 is 1.42. The fourth-order valence-electron chi connectivity index (χ4n) is 3.04. The summed E-state index contributed by atoms with van der Waals surface area (Å²) < 4.78 is 17.2. The average molecular weight is 422 g/mol. The van der Waals surface area contributed by atoms with Crippen molar-refractivity contribution >= 4 is 11.8 Å². The fraction of sp³-hybridized carbons (Fsp3) is 0.261. The zero-order valence-electron chi connectivity index (χ0n) is 17.4. The molecule has 0 radical (unpaired) electrons. The standard InChI is InChI=1S/C23H23N3O3S/c1-14-6-8-19(17(4)9-14)22-24-18(11-28-22)13-30-23-26-25-21(29-23)12-27-20-10-15(2)5-7-16(20)3/h5-11H,12-13H2,1-4H3. The molecule has 0 spiro atoms. The fourth-order valence-corrected chi connectivity index (χ4v) is 3.70. The topological polar surface area (TPSA) is 74.2 Å². The van der Waals surface area contributed by atoms with Gasteiger partial charge >= 0.3 is 0 Å². The molecule has 30 heavy (non-hydrogen) atoms. The van der Waals surface area contributed by atoms with Crippen LogP contribution in [-0.4, -0.2) is 15.2 Å². The lowest BCUT2D eigenvalue weighted by Crippen LogP contribution is -1.97. The molecule has 0 aliphatic carbocycles. The van der Waals surface area contributed by atoms with E-state index in [0.29, 0.717) is 22.8 Å². The van der Waals surface area contributed by atoms with Crippen LogP contribution in [0.2, 0.25) is 0 Å². The Morgan fingerprint density at radius 2 is 1.73 bits per heavy atom. The Bertz CT molecular complexity index is 1170. The summed E-state index contributed by atoms with van der Waals surface area (Å²) in [5.74, 6) is 2.46.